The number of hydrogen-bond donors (Lipinski definition) is 2. The van der Waals surface area contributed by atoms with E-state index in [1.807, 2.05) is 32.0 Å². The van der Waals surface area contributed by atoms with E-state index in [0.717, 1.165) is 11.3 Å². The van der Waals surface area contributed by atoms with Gasteiger partial charge >= 0.3 is 0 Å². The molecular weight excluding hydrogens is 182 g/mol. The number of carbonyl (C=O) groups excluding carboxylic acids is 1. The monoisotopic (exact) mass is 195 g/mol. The van der Waals surface area contributed by atoms with Gasteiger partial charge in [-0.1, -0.05) is 12.1 Å². The van der Waals surface area contributed by atoms with Gasteiger partial charge in [0.05, 0.1) is 5.75 Å². The van der Waals surface area contributed by atoms with Crippen LogP contribution in [-0.2, 0) is 4.79 Å². The summed E-state index contributed by atoms with van der Waals surface area (Å²) in [5.41, 5.74) is 3.16. The van der Waals surface area contributed by atoms with Crippen LogP contribution in [0, 0.1) is 13.8 Å². The van der Waals surface area contributed by atoms with E-state index >= 15 is 0 Å². The topological polar surface area (TPSA) is 29.1 Å². The van der Waals surface area contributed by atoms with Crippen molar-refractivity contribution in [1.29, 1.82) is 0 Å². The van der Waals surface area contributed by atoms with E-state index in [1.54, 1.807) is 0 Å². The lowest BCUT2D eigenvalue weighted by atomic mass is 10.1. The van der Waals surface area contributed by atoms with Gasteiger partial charge < -0.3 is 5.32 Å². The standard InChI is InChI=1S/C10H13NOS/c1-7-4-3-5-9(8(7)2)11-10(12)6-13/h3-5,13H,6H2,1-2H3,(H,11,12). The predicted octanol–water partition coefficient (Wildman–Crippen LogP) is 2.17. The zero-order valence-corrected chi connectivity index (χ0v) is 8.69. The highest BCUT2D eigenvalue weighted by Gasteiger charge is 2.03. The van der Waals surface area contributed by atoms with Crippen LogP contribution >= 0.6 is 12.6 Å². The van der Waals surface area contributed by atoms with E-state index in [9.17, 15) is 4.79 Å². The van der Waals surface area contributed by atoms with E-state index in [1.165, 1.54) is 5.56 Å². The van der Waals surface area contributed by atoms with Gasteiger partial charge in [-0.05, 0) is 31.0 Å². The Labute approximate surface area is 83.8 Å². The molecule has 3 heteroatoms. The minimum absolute atomic E-state index is 0.0722. The van der Waals surface area contributed by atoms with Crippen molar-refractivity contribution in [3.8, 4) is 0 Å². The molecule has 0 fully saturated rings. The number of hydrogen-bond acceptors (Lipinski definition) is 2. The molecule has 1 amide bonds. The maximum absolute atomic E-state index is 11.1. The molecule has 0 saturated carbocycles. The molecule has 0 radical (unpaired) electrons. The molecule has 1 aromatic rings. The summed E-state index contributed by atoms with van der Waals surface area (Å²) in [4.78, 5) is 11.1. The maximum Gasteiger partial charge on any atom is 0.234 e. The minimum atomic E-state index is -0.0722. The number of nitrogens with one attached hydrogen (secondary N) is 1. The molecule has 2 nitrogen and oxygen atoms in total. The van der Waals surface area contributed by atoms with E-state index in [-0.39, 0.29) is 11.7 Å². The average molecular weight is 195 g/mol. The fraction of sp³-hybridized carbons (Fsp3) is 0.300. The van der Waals surface area contributed by atoms with Gasteiger partial charge in [-0.3, -0.25) is 4.79 Å². The molecular formula is C10H13NOS. The molecule has 1 N–H and O–H groups in total. The maximum atomic E-state index is 11.1. The highest BCUT2D eigenvalue weighted by Crippen LogP contribution is 2.17. The molecule has 0 spiro atoms. The molecule has 13 heavy (non-hydrogen) atoms. The number of amides is 1. The summed E-state index contributed by atoms with van der Waals surface area (Å²) in [7, 11) is 0. The van der Waals surface area contributed by atoms with Crippen molar-refractivity contribution in [2.24, 2.45) is 0 Å². The Morgan fingerprint density at radius 2 is 2.15 bits per heavy atom. The van der Waals surface area contributed by atoms with E-state index in [4.69, 9.17) is 0 Å². The Balaban J connectivity index is 2.89. The van der Waals surface area contributed by atoms with E-state index < -0.39 is 0 Å². The molecule has 0 aliphatic heterocycles. The summed E-state index contributed by atoms with van der Waals surface area (Å²) in [6, 6.07) is 5.84. The fourth-order valence-corrected chi connectivity index (χ4v) is 1.16. The van der Waals surface area contributed by atoms with E-state index in [0.29, 0.717) is 0 Å². The first-order valence-corrected chi connectivity index (χ1v) is 4.75. The summed E-state index contributed by atoms with van der Waals surface area (Å²) in [6.07, 6.45) is 0. The van der Waals surface area contributed by atoms with Crippen molar-refractivity contribution in [3.05, 3.63) is 29.3 Å². The Morgan fingerprint density at radius 3 is 2.77 bits per heavy atom. The van der Waals surface area contributed by atoms with Gasteiger partial charge in [0.25, 0.3) is 0 Å². The van der Waals surface area contributed by atoms with Crippen molar-refractivity contribution in [1.82, 2.24) is 0 Å². The second-order valence-electron chi connectivity index (χ2n) is 2.95. The van der Waals surface area contributed by atoms with Crippen LogP contribution in [0.15, 0.2) is 18.2 Å². The Hall–Kier alpha value is -0.960. The van der Waals surface area contributed by atoms with Crippen LogP contribution in [-0.4, -0.2) is 11.7 Å². The summed E-state index contributed by atoms with van der Waals surface area (Å²) in [6.45, 7) is 4.01. The van der Waals surface area contributed by atoms with Crippen molar-refractivity contribution in [2.45, 2.75) is 13.8 Å². The summed E-state index contributed by atoms with van der Waals surface area (Å²) >= 11 is 3.89. The van der Waals surface area contributed by atoms with Crippen molar-refractivity contribution in [2.75, 3.05) is 11.1 Å². The molecule has 1 rings (SSSR count). The lowest BCUT2D eigenvalue weighted by molar-refractivity contribution is -0.113. The van der Waals surface area contributed by atoms with Crippen LogP contribution in [0.1, 0.15) is 11.1 Å². The molecule has 0 heterocycles. The van der Waals surface area contributed by atoms with Crippen molar-refractivity contribution in [3.63, 3.8) is 0 Å². The lowest BCUT2D eigenvalue weighted by Gasteiger charge is -2.08. The minimum Gasteiger partial charge on any atom is -0.325 e. The van der Waals surface area contributed by atoms with Gasteiger partial charge in [0.15, 0.2) is 0 Å². The number of benzene rings is 1. The van der Waals surface area contributed by atoms with Gasteiger partial charge in [0.2, 0.25) is 5.91 Å². The lowest BCUT2D eigenvalue weighted by Crippen LogP contribution is -2.13. The summed E-state index contributed by atoms with van der Waals surface area (Å²) in [5, 5.41) is 2.79. The number of anilines is 1. The Kier molecular flexibility index (Phi) is 3.37. The highest BCUT2D eigenvalue weighted by atomic mass is 32.1. The van der Waals surface area contributed by atoms with Crippen molar-refractivity contribution >= 4 is 24.2 Å². The van der Waals surface area contributed by atoms with Gasteiger partial charge in [-0.2, -0.15) is 12.6 Å². The second-order valence-corrected chi connectivity index (χ2v) is 3.27. The van der Waals surface area contributed by atoms with Crippen LogP contribution in [0.4, 0.5) is 5.69 Å². The molecule has 0 aliphatic rings. The number of rotatable bonds is 2. The SMILES string of the molecule is Cc1cccc(NC(=O)CS)c1C. The summed E-state index contributed by atoms with van der Waals surface area (Å²) < 4.78 is 0. The van der Waals surface area contributed by atoms with Gasteiger partial charge in [0.1, 0.15) is 0 Å². The van der Waals surface area contributed by atoms with Crippen LogP contribution in [0.25, 0.3) is 0 Å². The summed E-state index contributed by atoms with van der Waals surface area (Å²) in [5.74, 6) is 0.143. The molecule has 0 atom stereocenters. The van der Waals surface area contributed by atoms with Gasteiger partial charge in [-0.15, -0.1) is 0 Å². The third kappa shape index (κ3) is 2.49. The van der Waals surface area contributed by atoms with E-state index in [2.05, 4.69) is 17.9 Å². The number of carbonyl (C=O) groups is 1. The largest absolute Gasteiger partial charge is 0.325 e. The van der Waals surface area contributed by atoms with Crippen LogP contribution in [0.3, 0.4) is 0 Å². The molecule has 0 bridgehead atoms. The zero-order chi connectivity index (χ0) is 9.84. The average Bonchev–Trinajstić information content (AvgIpc) is 2.13. The first-order valence-electron chi connectivity index (χ1n) is 4.12. The van der Waals surface area contributed by atoms with Crippen LogP contribution in [0.5, 0.6) is 0 Å². The molecule has 0 unspecified atom stereocenters. The smallest absolute Gasteiger partial charge is 0.234 e. The zero-order valence-electron chi connectivity index (χ0n) is 7.79. The quantitative estimate of drug-likeness (QED) is 0.696. The van der Waals surface area contributed by atoms with Crippen LogP contribution < -0.4 is 5.32 Å². The first-order chi connectivity index (χ1) is 6.15. The number of thiol groups is 1. The Morgan fingerprint density at radius 1 is 1.46 bits per heavy atom. The first kappa shape index (κ1) is 10.1. The van der Waals surface area contributed by atoms with Crippen molar-refractivity contribution < 1.29 is 4.79 Å². The van der Waals surface area contributed by atoms with Gasteiger partial charge in [0, 0.05) is 5.69 Å². The predicted molar refractivity (Wildman–Crippen MR) is 58.4 cm³/mol. The normalized spacial score (nSPS) is 9.77. The number of aryl methyl sites for hydroxylation is 1. The molecule has 0 saturated heterocycles. The fourth-order valence-electron chi connectivity index (χ4n) is 1.08. The third-order valence-corrected chi connectivity index (χ3v) is 2.31. The molecule has 0 aliphatic carbocycles. The second kappa shape index (κ2) is 4.33. The molecule has 1 aromatic carbocycles. The van der Waals surface area contributed by atoms with Gasteiger partial charge in [-0.25, -0.2) is 0 Å². The molecule has 70 valence electrons. The molecule has 0 aromatic heterocycles. The highest BCUT2D eigenvalue weighted by molar-refractivity contribution is 7.81. The van der Waals surface area contributed by atoms with Crippen LogP contribution in [0.2, 0.25) is 0 Å². The Bertz CT molecular complexity index is 323. The third-order valence-electron chi connectivity index (χ3n) is 2.02.